The number of halogens is 2. The van der Waals surface area contributed by atoms with Crippen molar-refractivity contribution in [3.63, 3.8) is 0 Å². The first-order valence-electron chi connectivity index (χ1n) is 7.45. The largest absolute Gasteiger partial charge is 0.310 e. The van der Waals surface area contributed by atoms with Gasteiger partial charge in [0.05, 0.1) is 0 Å². The molecule has 0 fully saturated rings. The second kappa shape index (κ2) is 6.17. The lowest BCUT2D eigenvalue weighted by atomic mass is 9.74. The van der Waals surface area contributed by atoms with Crippen molar-refractivity contribution in [2.24, 2.45) is 0 Å². The molecule has 0 saturated heterocycles. The number of hydrogen-bond donors (Lipinski definition) is 1. The van der Waals surface area contributed by atoms with Crippen LogP contribution in [0, 0.1) is 5.82 Å². The molecule has 2 aromatic rings. The summed E-state index contributed by atoms with van der Waals surface area (Å²) in [6.07, 6.45) is 2.12. The van der Waals surface area contributed by atoms with Gasteiger partial charge in [0.15, 0.2) is 0 Å². The lowest BCUT2D eigenvalue weighted by Gasteiger charge is -2.33. The van der Waals surface area contributed by atoms with Gasteiger partial charge in [0.25, 0.3) is 0 Å². The molecule has 0 amide bonds. The molecule has 110 valence electrons. The SMILES string of the molecule is CCNC(CC1Cc2ccccc21)c1ccc(F)cc1Cl. The molecule has 0 radical (unpaired) electrons. The maximum atomic E-state index is 13.2. The van der Waals surface area contributed by atoms with E-state index in [1.165, 1.54) is 23.3 Å². The van der Waals surface area contributed by atoms with Crippen LogP contribution in [-0.2, 0) is 6.42 Å². The number of fused-ring (bicyclic) bond motifs is 1. The van der Waals surface area contributed by atoms with Crippen molar-refractivity contribution in [3.8, 4) is 0 Å². The molecule has 2 unspecified atom stereocenters. The molecule has 0 spiro atoms. The van der Waals surface area contributed by atoms with Crippen molar-refractivity contribution in [3.05, 3.63) is 70.0 Å². The first kappa shape index (κ1) is 14.6. The summed E-state index contributed by atoms with van der Waals surface area (Å²) >= 11 is 6.22. The number of benzene rings is 2. The fraction of sp³-hybridized carbons (Fsp3) is 0.333. The van der Waals surface area contributed by atoms with E-state index in [4.69, 9.17) is 11.6 Å². The fourth-order valence-electron chi connectivity index (χ4n) is 3.21. The van der Waals surface area contributed by atoms with E-state index in [1.807, 2.05) is 0 Å². The fourth-order valence-corrected chi connectivity index (χ4v) is 3.51. The number of hydrogen-bond acceptors (Lipinski definition) is 1. The van der Waals surface area contributed by atoms with Crippen LogP contribution in [0.15, 0.2) is 42.5 Å². The van der Waals surface area contributed by atoms with Crippen molar-refractivity contribution < 1.29 is 4.39 Å². The van der Waals surface area contributed by atoms with Crippen LogP contribution in [0.5, 0.6) is 0 Å². The summed E-state index contributed by atoms with van der Waals surface area (Å²) in [5.74, 6) is 0.277. The Morgan fingerprint density at radius 2 is 2.10 bits per heavy atom. The summed E-state index contributed by atoms with van der Waals surface area (Å²) in [7, 11) is 0. The molecule has 1 aliphatic rings. The van der Waals surface area contributed by atoms with E-state index >= 15 is 0 Å². The van der Waals surface area contributed by atoms with Crippen LogP contribution in [0.2, 0.25) is 5.02 Å². The Hall–Kier alpha value is -1.38. The predicted octanol–water partition coefficient (Wildman–Crippen LogP) is 4.86. The van der Waals surface area contributed by atoms with Gasteiger partial charge in [-0.25, -0.2) is 4.39 Å². The van der Waals surface area contributed by atoms with E-state index in [2.05, 4.69) is 36.5 Å². The van der Waals surface area contributed by atoms with Gasteiger partial charge in [0.1, 0.15) is 5.82 Å². The van der Waals surface area contributed by atoms with Crippen LogP contribution in [0.25, 0.3) is 0 Å². The summed E-state index contributed by atoms with van der Waals surface area (Å²) < 4.78 is 13.2. The molecule has 0 bridgehead atoms. The van der Waals surface area contributed by atoms with E-state index in [0.717, 1.165) is 24.9 Å². The third kappa shape index (κ3) is 2.97. The zero-order valence-corrected chi connectivity index (χ0v) is 12.8. The molecule has 3 heteroatoms. The molecular weight excluding hydrogens is 285 g/mol. The molecule has 0 heterocycles. The van der Waals surface area contributed by atoms with Gasteiger partial charge in [-0.3, -0.25) is 0 Å². The van der Waals surface area contributed by atoms with Gasteiger partial charge in [-0.15, -0.1) is 0 Å². The normalized spacial score (nSPS) is 18.0. The van der Waals surface area contributed by atoms with Crippen LogP contribution in [0.1, 0.15) is 42.0 Å². The third-order valence-corrected chi connectivity index (χ3v) is 4.60. The highest BCUT2D eigenvalue weighted by Gasteiger charge is 2.29. The van der Waals surface area contributed by atoms with E-state index in [1.54, 1.807) is 6.07 Å². The second-order valence-electron chi connectivity index (χ2n) is 5.61. The van der Waals surface area contributed by atoms with Crippen molar-refractivity contribution in [1.29, 1.82) is 0 Å². The minimum absolute atomic E-state index is 0.168. The first-order chi connectivity index (χ1) is 10.2. The lowest BCUT2D eigenvalue weighted by molar-refractivity contribution is 0.435. The lowest BCUT2D eigenvalue weighted by Crippen LogP contribution is -2.27. The summed E-state index contributed by atoms with van der Waals surface area (Å²) in [4.78, 5) is 0. The smallest absolute Gasteiger partial charge is 0.124 e. The number of nitrogens with one attached hydrogen (secondary N) is 1. The summed E-state index contributed by atoms with van der Waals surface area (Å²) in [6, 6.07) is 13.4. The van der Waals surface area contributed by atoms with Crippen LogP contribution in [0.3, 0.4) is 0 Å². The highest BCUT2D eigenvalue weighted by Crippen LogP contribution is 2.41. The average molecular weight is 304 g/mol. The van der Waals surface area contributed by atoms with Crippen molar-refractivity contribution in [2.75, 3.05) is 6.54 Å². The maximum Gasteiger partial charge on any atom is 0.124 e. The molecule has 1 N–H and O–H groups in total. The van der Waals surface area contributed by atoms with Crippen molar-refractivity contribution >= 4 is 11.6 Å². The molecule has 2 atom stereocenters. The van der Waals surface area contributed by atoms with Crippen molar-refractivity contribution in [2.45, 2.75) is 31.7 Å². The molecular formula is C18H19ClFN. The minimum Gasteiger partial charge on any atom is -0.310 e. The van der Waals surface area contributed by atoms with Gasteiger partial charge in [-0.2, -0.15) is 0 Å². The Balaban J connectivity index is 1.80. The Morgan fingerprint density at radius 1 is 1.29 bits per heavy atom. The van der Waals surface area contributed by atoms with Crippen LogP contribution < -0.4 is 5.32 Å². The van der Waals surface area contributed by atoms with Gasteiger partial charge in [-0.1, -0.05) is 48.9 Å². The zero-order valence-electron chi connectivity index (χ0n) is 12.1. The van der Waals surface area contributed by atoms with Crippen LogP contribution in [0.4, 0.5) is 4.39 Å². The Kier molecular flexibility index (Phi) is 4.27. The minimum atomic E-state index is -0.284. The van der Waals surface area contributed by atoms with Crippen molar-refractivity contribution in [1.82, 2.24) is 5.32 Å². The standard InChI is InChI=1S/C18H19ClFN/c1-2-21-18(16-8-7-14(20)11-17(16)19)10-13-9-12-5-3-4-6-15(12)13/h3-8,11,13,18,21H,2,9-10H2,1H3. The molecule has 2 aromatic carbocycles. The van der Waals surface area contributed by atoms with E-state index in [-0.39, 0.29) is 11.9 Å². The molecule has 1 aliphatic carbocycles. The second-order valence-corrected chi connectivity index (χ2v) is 6.02. The molecule has 1 nitrogen and oxygen atoms in total. The molecule has 0 aromatic heterocycles. The molecule has 0 saturated carbocycles. The molecule has 0 aliphatic heterocycles. The molecule has 21 heavy (non-hydrogen) atoms. The predicted molar refractivity (Wildman–Crippen MR) is 85.3 cm³/mol. The Morgan fingerprint density at radius 3 is 2.81 bits per heavy atom. The zero-order chi connectivity index (χ0) is 14.8. The Bertz CT molecular complexity index is 641. The number of rotatable bonds is 5. The quantitative estimate of drug-likeness (QED) is 0.832. The summed E-state index contributed by atoms with van der Waals surface area (Å²) in [5.41, 5.74) is 3.88. The van der Waals surface area contributed by atoms with Gasteiger partial charge in [-0.05, 0) is 54.1 Å². The van der Waals surface area contributed by atoms with Gasteiger partial charge >= 0.3 is 0 Å². The van der Waals surface area contributed by atoms with Crippen LogP contribution in [-0.4, -0.2) is 6.54 Å². The summed E-state index contributed by atoms with van der Waals surface area (Å²) in [6.45, 7) is 2.95. The average Bonchev–Trinajstić information content (AvgIpc) is 2.44. The van der Waals surface area contributed by atoms with E-state index < -0.39 is 0 Å². The van der Waals surface area contributed by atoms with E-state index in [9.17, 15) is 4.39 Å². The van der Waals surface area contributed by atoms with Gasteiger partial charge in [0.2, 0.25) is 0 Å². The Labute approximate surface area is 130 Å². The van der Waals surface area contributed by atoms with E-state index in [0.29, 0.717) is 10.9 Å². The first-order valence-corrected chi connectivity index (χ1v) is 7.83. The monoisotopic (exact) mass is 303 g/mol. The van der Waals surface area contributed by atoms with Crippen LogP contribution >= 0.6 is 11.6 Å². The summed E-state index contributed by atoms with van der Waals surface area (Å²) in [5, 5.41) is 3.99. The van der Waals surface area contributed by atoms with Gasteiger partial charge in [0, 0.05) is 11.1 Å². The van der Waals surface area contributed by atoms with Gasteiger partial charge < -0.3 is 5.32 Å². The highest BCUT2D eigenvalue weighted by atomic mass is 35.5. The topological polar surface area (TPSA) is 12.0 Å². The highest BCUT2D eigenvalue weighted by molar-refractivity contribution is 6.31. The third-order valence-electron chi connectivity index (χ3n) is 4.27. The maximum absolute atomic E-state index is 13.2. The molecule has 3 rings (SSSR count).